The Morgan fingerprint density at radius 3 is 2.35 bits per heavy atom. The van der Waals surface area contributed by atoms with Crippen LogP contribution < -0.4 is 10.5 Å². The van der Waals surface area contributed by atoms with E-state index in [0.29, 0.717) is 0 Å². The molecule has 3 heteroatoms. The molecule has 0 amide bonds. The first-order chi connectivity index (χ1) is 7.94. The Labute approximate surface area is 108 Å². The molecular formula is C14H20ClNO. The number of hydrogen-bond acceptors (Lipinski definition) is 2. The molecule has 0 heterocycles. The number of methoxy groups -OCH3 is 1. The summed E-state index contributed by atoms with van der Waals surface area (Å²) in [5, 5.41) is 0.822. The van der Waals surface area contributed by atoms with Crippen LogP contribution in [0.4, 0.5) is 0 Å². The molecular weight excluding hydrogens is 234 g/mol. The number of aryl methyl sites for hydroxylation is 2. The van der Waals surface area contributed by atoms with Crippen LogP contribution in [0.5, 0.6) is 5.75 Å². The van der Waals surface area contributed by atoms with Gasteiger partial charge in [0, 0.05) is 17.0 Å². The van der Waals surface area contributed by atoms with Gasteiger partial charge in [-0.15, -0.1) is 0 Å². The zero-order valence-electron chi connectivity index (χ0n) is 10.9. The predicted molar refractivity (Wildman–Crippen MR) is 72.0 cm³/mol. The van der Waals surface area contributed by atoms with Gasteiger partial charge in [-0.25, -0.2) is 0 Å². The van der Waals surface area contributed by atoms with Crippen molar-refractivity contribution in [2.75, 3.05) is 7.11 Å². The van der Waals surface area contributed by atoms with Crippen molar-refractivity contribution in [3.05, 3.63) is 27.8 Å². The third-order valence-electron chi connectivity index (χ3n) is 3.95. The van der Waals surface area contributed by atoms with Crippen molar-refractivity contribution in [2.24, 2.45) is 5.73 Å². The molecule has 2 rings (SSSR count). The van der Waals surface area contributed by atoms with Crippen LogP contribution >= 0.6 is 11.6 Å². The molecule has 1 aromatic carbocycles. The number of nitrogens with two attached hydrogens (primary N) is 1. The van der Waals surface area contributed by atoms with Crippen LogP contribution in [0.25, 0.3) is 0 Å². The molecule has 1 aromatic rings. The standard InChI is InChI=1S/C14H20ClNO/c1-8-7-9(2)13(17-4)11(12(8)15)14(5-6-14)10(3)16/h7,10H,5-6,16H2,1-4H3. The molecule has 0 bridgehead atoms. The van der Waals surface area contributed by atoms with Gasteiger partial charge in [0.1, 0.15) is 5.75 Å². The summed E-state index contributed by atoms with van der Waals surface area (Å²) in [6.45, 7) is 6.15. The first-order valence-corrected chi connectivity index (χ1v) is 6.41. The van der Waals surface area contributed by atoms with Gasteiger partial charge in [0.05, 0.1) is 12.1 Å². The maximum Gasteiger partial charge on any atom is 0.127 e. The summed E-state index contributed by atoms with van der Waals surface area (Å²) >= 11 is 6.48. The van der Waals surface area contributed by atoms with Crippen molar-refractivity contribution in [1.29, 1.82) is 0 Å². The van der Waals surface area contributed by atoms with Crippen LogP contribution in [0.3, 0.4) is 0 Å². The van der Waals surface area contributed by atoms with Crippen molar-refractivity contribution in [2.45, 2.75) is 45.1 Å². The van der Waals surface area contributed by atoms with Crippen molar-refractivity contribution < 1.29 is 4.74 Å². The minimum atomic E-state index is 0.0270. The number of hydrogen-bond donors (Lipinski definition) is 1. The Hall–Kier alpha value is -0.730. The lowest BCUT2D eigenvalue weighted by molar-refractivity contribution is 0.395. The van der Waals surface area contributed by atoms with E-state index >= 15 is 0 Å². The van der Waals surface area contributed by atoms with Gasteiger partial charge in [0.25, 0.3) is 0 Å². The van der Waals surface area contributed by atoms with Crippen molar-refractivity contribution in [1.82, 2.24) is 0 Å². The summed E-state index contributed by atoms with van der Waals surface area (Å²) in [6, 6.07) is 2.18. The molecule has 0 radical (unpaired) electrons. The average molecular weight is 254 g/mol. The van der Waals surface area contributed by atoms with Crippen LogP contribution in [-0.2, 0) is 5.41 Å². The van der Waals surface area contributed by atoms with Gasteiger partial charge >= 0.3 is 0 Å². The predicted octanol–water partition coefficient (Wildman–Crippen LogP) is 3.34. The summed E-state index contributed by atoms with van der Waals surface area (Å²) in [6.07, 6.45) is 2.20. The molecule has 0 aliphatic heterocycles. The number of rotatable bonds is 3. The van der Waals surface area contributed by atoms with Gasteiger partial charge in [0.2, 0.25) is 0 Å². The minimum Gasteiger partial charge on any atom is -0.496 e. The molecule has 1 saturated carbocycles. The van der Waals surface area contributed by atoms with Crippen LogP contribution in [0, 0.1) is 13.8 Å². The Kier molecular flexibility index (Phi) is 3.13. The van der Waals surface area contributed by atoms with Gasteiger partial charge in [-0.2, -0.15) is 0 Å². The van der Waals surface area contributed by atoms with Gasteiger partial charge in [-0.05, 0) is 44.7 Å². The SMILES string of the molecule is COc1c(C)cc(C)c(Cl)c1C1(C(C)N)CC1. The first kappa shape index (κ1) is 12.7. The van der Waals surface area contributed by atoms with Gasteiger partial charge in [-0.3, -0.25) is 0 Å². The second-order valence-corrected chi connectivity index (χ2v) is 5.56. The summed E-state index contributed by atoms with van der Waals surface area (Å²) in [4.78, 5) is 0. The minimum absolute atomic E-state index is 0.0270. The molecule has 2 nitrogen and oxygen atoms in total. The molecule has 0 saturated heterocycles. The van der Waals surface area contributed by atoms with Crippen molar-refractivity contribution in [3.63, 3.8) is 0 Å². The molecule has 1 unspecified atom stereocenters. The van der Waals surface area contributed by atoms with E-state index in [1.807, 2.05) is 6.92 Å². The number of halogens is 1. The van der Waals surface area contributed by atoms with Crippen LogP contribution in [-0.4, -0.2) is 13.2 Å². The molecule has 1 aliphatic carbocycles. The smallest absolute Gasteiger partial charge is 0.127 e. The molecule has 17 heavy (non-hydrogen) atoms. The monoisotopic (exact) mass is 253 g/mol. The normalized spacial score (nSPS) is 18.9. The lowest BCUT2D eigenvalue weighted by Crippen LogP contribution is -2.32. The fourth-order valence-corrected chi connectivity index (χ4v) is 3.05. The summed E-state index contributed by atoms with van der Waals surface area (Å²) < 4.78 is 5.55. The summed E-state index contributed by atoms with van der Waals surface area (Å²) in [7, 11) is 1.70. The van der Waals surface area contributed by atoms with E-state index in [0.717, 1.165) is 40.3 Å². The van der Waals surface area contributed by atoms with Gasteiger partial charge in [-0.1, -0.05) is 17.7 Å². The Bertz CT molecular complexity index is 450. The Morgan fingerprint density at radius 1 is 1.35 bits per heavy atom. The van der Waals surface area contributed by atoms with E-state index in [1.165, 1.54) is 0 Å². The third kappa shape index (κ3) is 1.84. The topological polar surface area (TPSA) is 35.2 Å². The van der Waals surface area contributed by atoms with E-state index in [-0.39, 0.29) is 11.5 Å². The van der Waals surface area contributed by atoms with Crippen LogP contribution in [0.2, 0.25) is 5.02 Å². The molecule has 0 spiro atoms. The van der Waals surface area contributed by atoms with E-state index in [2.05, 4.69) is 19.9 Å². The molecule has 0 aromatic heterocycles. The lowest BCUT2D eigenvalue weighted by atomic mass is 9.86. The lowest BCUT2D eigenvalue weighted by Gasteiger charge is -2.26. The third-order valence-corrected chi connectivity index (χ3v) is 4.43. The number of ether oxygens (including phenoxy) is 1. The zero-order valence-corrected chi connectivity index (χ0v) is 11.7. The number of benzene rings is 1. The van der Waals surface area contributed by atoms with Crippen molar-refractivity contribution >= 4 is 11.6 Å². The largest absolute Gasteiger partial charge is 0.496 e. The highest BCUT2D eigenvalue weighted by atomic mass is 35.5. The zero-order chi connectivity index (χ0) is 12.8. The summed E-state index contributed by atoms with van der Waals surface area (Å²) in [5.74, 6) is 0.912. The van der Waals surface area contributed by atoms with Gasteiger partial charge < -0.3 is 10.5 Å². The second-order valence-electron chi connectivity index (χ2n) is 5.18. The molecule has 2 N–H and O–H groups in total. The highest BCUT2D eigenvalue weighted by molar-refractivity contribution is 6.32. The highest BCUT2D eigenvalue weighted by Gasteiger charge is 2.50. The van der Waals surface area contributed by atoms with E-state index in [4.69, 9.17) is 22.1 Å². The van der Waals surface area contributed by atoms with Gasteiger partial charge in [0.15, 0.2) is 0 Å². The van der Waals surface area contributed by atoms with E-state index in [1.54, 1.807) is 7.11 Å². The Morgan fingerprint density at radius 2 is 1.94 bits per heavy atom. The molecule has 94 valence electrons. The van der Waals surface area contributed by atoms with E-state index < -0.39 is 0 Å². The second kappa shape index (κ2) is 4.18. The Balaban J connectivity index is 2.67. The van der Waals surface area contributed by atoms with E-state index in [9.17, 15) is 0 Å². The fraction of sp³-hybridized carbons (Fsp3) is 0.571. The van der Waals surface area contributed by atoms with Crippen LogP contribution in [0.1, 0.15) is 36.5 Å². The average Bonchev–Trinajstić information content (AvgIpc) is 3.04. The fourth-order valence-electron chi connectivity index (χ4n) is 2.72. The maximum absolute atomic E-state index is 6.48. The first-order valence-electron chi connectivity index (χ1n) is 6.04. The highest BCUT2D eigenvalue weighted by Crippen LogP contribution is 2.56. The molecule has 1 aliphatic rings. The van der Waals surface area contributed by atoms with Crippen LogP contribution in [0.15, 0.2) is 6.07 Å². The quantitative estimate of drug-likeness (QED) is 0.897. The van der Waals surface area contributed by atoms with Crippen molar-refractivity contribution in [3.8, 4) is 5.75 Å². The summed E-state index contributed by atoms with van der Waals surface area (Å²) in [5.41, 5.74) is 9.53. The maximum atomic E-state index is 6.48. The molecule has 1 fully saturated rings. The molecule has 1 atom stereocenters.